The summed E-state index contributed by atoms with van der Waals surface area (Å²) in [6.45, 7) is 3.14. The van der Waals surface area contributed by atoms with Gasteiger partial charge in [-0.2, -0.15) is 5.10 Å². The maximum absolute atomic E-state index is 12.8. The van der Waals surface area contributed by atoms with Crippen molar-refractivity contribution in [1.82, 2.24) is 15.1 Å². The molecule has 1 aliphatic heterocycles. The Balaban J connectivity index is 1.53. The molecule has 1 amide bonds. The lowest BCUT2D eigenvalue weighted by atomic mass is 10.2. The zero-order valence-electron chi connectivity index (χ0n) is 15.7. The number of carbonyl (C=O) groups is 1. The van der Waals surface area contributed by atoms with Gasteiger partial charge in [0.05, 0.1) is 35.2 Å². The molecule has 29 heavy (non-hydrogen) atoms. The first-order valence-corrected chi connectivity index (χ1v) is 9.97. The van der Waals surface area contributed by atoms with Crippen molar-refractivity contribution in [3.05, 3.63) is 69.5 Å². The highest BCUT2D eigenvalue weighted by Crippen LogP contribution is 2.38. The normalized spacial score (nSPS) is 13.1. The van der Waals surface area contributed by atoms with E-state index in [1.165, 1.54) is 0 Å². The monoisotopic (exact) mass is 431 g/mol. The van der Waals surface area contributed by atoms with E-state index < -0.39 is 0 Å². The van der Waals surface area contributed by atoms with Crippen LogP contribution in [0.1, 0.15) is 28.0 Å². The predicted molar refractivity (Wildman–Crippen MR) is 112 cm³/mol. The fourth-order valence-corrected chi connectivity index (χ4v) is 3.80. The van der Waals surface area contributed by atoms with E-state index in [1.54, 1.807) is 17.7 Å². The highest BCUT2D eigenvalue weighted by atomic mass is 35.5. The average Bonchev–Trinajstić information content (AvgIpc) is 2.88. The quantitative estimate of drug-likeness (QED) is 0.656. The number of nitrogens with one attached hydrogen (secondary N) is 1. The molecule has 3 aromatic rings. The number of aryl methyl sites for hydroxylation is 1. The maximum Gasteiger partial charge on any atom is 0.256 e. The molecule has 0 unspecified atom stereocenters. The van der Waals surface area contributed by atoms with Crippen molar-refractivity contribution >= 4 is 29.1 Å². The van der Waals surface area contributed by atoms with Gasteiger partial charge >= 0.3 is 0 Å². The van der Waals surface area contributed by atoms with Gasteiger partial charge in [0.1, 0.15) is 5.15 Å². The Kier molecular flexibility index (Phi) is 5.65. The predicted octanol–water partition coefficient (Wildman–Crippen LogP) is 4.58. The Morgan fingerprint density at radius 3 is 2.72 bits per heavy atom. The second-order valence-corrected chi connectivity index (χ2v) is 7.40. The van der Waals surface area contributed by atoms with Gasteiger partial charge in [0.2, 0.25) is 0 Å². The van der Waals surface area contributed by atoms with Gasteiger partial charge in [-0.05, 0) is 36.8 Å². The molecule has 0 fully saturated rings. The number of benzene rings is 2. The lowest BCUT2D eigenvalue weighted by Crippen LogP contribution is -2.23. The van der Waals surface area contributed by atoms with Crippen molar-refractivity contribution in [2.45, 2.75) is 19.9 Å². The fraction of sp³-hybridized carbons (Fsp3) is 0.238. The molecule has 0 atom stereocenters. The number of hydrogen-bond acceptors (Lipinski definition) is 4. The first-order valence-electron chi connectivity index (χ1n) is 9.21. The summed E-state index contributed by atoms with van der Waals surface area (Å²) in [5.41, 5.74) is 2.48. The first-order chi connectivity index (χ1) is 14.0. The van der Waals surface area contributed by atoms with Crippen molar-refractivity contribution in [3.63, 3.8) is 0 Å². The van der Waals surface area contributed by atoms with Crippen LogP contribution in [-0.2, 0) is 6.54 Å². The first kappa shape index (κ1) is 19.6. The number of halogens is 2. The third kappa shape index (κ3) is 4.04. The van der Waals surface area contributed by atoms with Crippen LogP contribution >= 0.6 is 23.2 Å². The van der Waals surface area contributed by atoms with E-state index in [0.717, 1.165) is 17.7 Å². The van der Waals surface area contributed by atoms with Gasteiger partial charge in [-0.25, -0.2) is 4.68 Å². The molecule has 8 heteroatoms. The van der Waals surface area contributed by atoms with Gasteiger partial charge in [0, 0.05) is 13.0 Å². The van der Waals surface area contributed by atoms with Crippen molar-refractivity contribution < 1.29 is 14.3 Å². The van der Waals surface area contributed by atoms with Crippen LogP contribution < -0.4 is 14.8 Å². The number of fused-ring (bicyclic) bond motifs is 1. The van der Waals surface area contributed by atoms with Crippen LogP contribution in [0.5, 0.6) is 11.5 Å². The van der Waals surface area contributed by atoms with Crippen LogP contribution in [-0.4, -0.2) is 28.9 Å². The molecule has 0 bridgehead atoms. The Hall–Kier alpha value is -2.70. The van der Waals surface area contributed by atoms with Gasteiger partial charge < -0.3 is 14.8 Å². The van der Waals surface area contributed by atoms with E-state index in [0.29, 0.717) is 41.0 Å². The summed E-state index contributed by atoms with van der Waals surface area (Å²) in [6, 6.07) is 13.0. The highest BCUT2D eigenvalue weighted by Gasteiger charge is 2.21. The second-order valence-electron chi connectivity index (χ2n) is 6.64. The van der Waals surface area contributed by atoms with Crippen LogP contribution in [0.2, 0.25) is 10.2 Å². The van der Waals surface area contributed by atoms with Crippen LogP contribution in [0.25, 0.3) is 5.69 Å². The smallest absolute Gasteiger partial charge is 0.256 e. The number of carbonyl (C=O) groups excluding carboxylic acids is 1. The second kappa shape index (κ2) is 8.35. The maximum atomic E-state index is 12.8. The van der Waals surface area contributed by atoms with Crippen LogP contribution in [0, 0.1) is 6.92 Å². The molecule has 0 saturated carbocycles. The van der Waals surface area contributed by atoms with Crippen molar-refractivity contribution in [2.75, 3.05) is 13.2 Å². The summed E-state index contributed by atoms with van der Waals surface area (Å²) < 4.78 is 12.9. The van der Waals surface area contributed by atoms with Gasteiger partial charge in [0.15, 0.2) is 11.5 Å². The molecule has 4 rings (SSSR count). The molecule has 1 N–H and O–H groups in total. The zero-order valence-corrected chi connectivity index (χ0v) is 17.3. The lowest BCUT2D eigenvalue weighted by Gasteiger charge is -2.12. The molecule has 0 aliphatic carbocycles. The SMILES string of the molecule is Cc1nn(-c2ccccc2)c(Cl)c1C(=O)NCc1cc(Cl)c2c(c1)OCCCO2. The summed E-state index contributed by atoms with van der Waals surface area (Å²) in [6.07, 6.45) is 0.792. The van der Waals surface area contributed by atoms with Crippen LogP contribution in [0.15, 0.2) is 42.5 Å². The van der Waals surface area contributed by atoms with Crippen molar-refractivity contribution in [2.24, 2.45) is 0 Å². The molecule has 150 valence electrons. The largest absolute Gasteiger partial charge is 0.489 e. The minimum Gasteiger partial charge on any atom is -0.489 e. The number of rotatable bonds is 4. The molecule has 1 aliphatic rings. The number of nitrogens with zero attached hydrogens (tertiary/aromatic N) is 2. The van der Waals surface area contributed by atoms with Crippen molar-refractivity contribution in [1.29, 1.82) is 0 Å². The molecule has 0 saturated heterocycles. The van der Waals surface area contributed by atoms with Gasteiger partial charge in [-0.3, -0.25) is 4.79 Å². The molecule has 0 radical (unpaired) electrons. The van der Waals surface area contributed by atoms with E-state index in [1.807, 2.05) is 36.4 Å². The number of amides is 1. The summed E-state index contributed by atoms with van der Waals surface area (Å²) in [5, 5.41) is 8.01. The number of aromatic nitrogens is 2. The van der Waals surface area contributed by atoms with Gasteiger partial charge in [-0.1, -0.05) is 41.4 Å². The molecule has 2 aromatic carbocycles. The minimum absolute atomic E-state index is 0.265. The van der Waals surface area contributed by atoms with E-state index in [-0.39, 0.29) is 17.6 Å². The molecular formula is C21H19Cl2N3O3. The zero-order chi connectivity index (χ0) is 20.4. The van der Waals surface area contributed by atoms with Gasteiger partial charge in [0.25, 0.3) is 5.91 Å². The Morgan fingerprint density at radius 2 is 1.93 bits per heavy atom. The summed E-state index contributed by atoms with van der Waals surface area (Å²) in [4.78, 5) is 12.8. The topological polar surface area (TPSA) is 65.4 Å². The van der Waals surface area contributed by atoms with E-state index in [4.69, 9.17) is 32.7 Å². The van der Waals surface area contributed by atoms with Crippen molar-refractivity contribution in [3.8, 4) is 17.2 Å². The minimum atomic E-state index is -0.307. The van der Waals surface area contributed by atoms with Crippen LogP contribution in [0.3, 0.4) is 0 Å². The molecule has 1 aromatic heterocycles. The van der Waals surface area contributed by atoms with Gasteiger partial charge in [-0.15, -0.1) is 0 Å². The summed E-state index contributed by atoms with van der Waals surface area (Å²) in [5.74, 6) is 0.825. The Morgan fingerprint density at radius 1 is 1.17 bits per heavy atom. The molecule has 6 nitrogen and oxygen atoms in total. The number of hydrogen-bond donors (Lipinski definition) is 1. The van der Waals surface area contributed by atoms with E-state index in [2.05, 4.69) is 10.4 Å². The number of para-hydroxylation sites is 1. The molecular weight excluding hydrogens is 413 g/mol. The lowest BCUT2D eigenvalue weighted by molar-refractivity contribution is 0.0950. The highest BCUT2D eigenvalue weighted by molar-refractivity contribution is 6.33. The average molecular weight is 432 g/mol. The standard InChI is InChI=1S/C21H19Cl2N3O3/c1-13-18(20(23)26(25-13)15-6-3-2-4-7-15)21(27)24-12-14-10-16(22)19-17(11-14)28-8-5-9-29-19/h2-4,6-7,10-11H,5,8-9,12H2,1H3,(H,24,27). The third-order valence-corrected chi connectivity index (χ3v) is 5.18. The Labute approximate surface area is 178 Å². The molecule has 2 heterocycles. The summed E-state index contributed by atoms with van der Waals surface area (Å²) >= 11 is 12.8. The van der Waals surface area contributed by atoms with E-state index in [9.17, 15) is 4.79 Å². The van der Waals surface area contributed by atoms with Crippen LogP contribution in [0.4, 0.5) is 0 Å². The van der Waals surface area contributed by atoms with E-state index >= 15 is 0 Å². The summed E-state index contributed by atoms with van der Waals surface area (Å²) in [7, 11) is 0. The Bertz CT molecular complexity index is 1050. The number of ether oxygens (including phenoxy) is 2. The fourth-order valence-electron chi connectivity index (χ4n) is 3.15. The molecule has 0 spiro atoms. The third-order valence-electron chi connectivity index (χ3n) is 4.55.